The van der Waals surface area contributed by atoms with Crippen LogP contribution in [0.5, 0.6) is 11.5 Å². The number of hydrogen-bond acceptors (Lipinski definition) is 4. The van der Waals surface area contributed by atoms with Crippen LogP contribution in [0.2, 0.25) is 0 Å². The maximum absolute atomic E-state index is 11.9. The zero-order valence-corrected chi connectivity index (χ0v) is 11.1. The zero-order chi connectivity index (χ0) is 13.9. The molecule has 1 aliphatic rings. The smallest absolute Gasteiger partial charge is 0.254 e. The van der Waals surface area contributed by atoms with E-state index in [4.69, 9.17) is 13.9 Å². The van der Waals surface area contributed by atoms with E-state index in [0.29, 0.717) is 30.2 Å². The van der Waals surface area contributed by atoms with Gasteiger partial charge in [-0.1, -0.05) is 12.1 Å². The van der Waals surface area contributed by atoms with Crippen LogP contribution in [0.3, 0.4) is 0 Å². The lowest BCUT2D eigenvalue weighted by Gasteiger charge is -2.26. The summed E-state index contributed by atoms with van der Waals surface area (Å²) < 4.78 is 16.5. The summed E-state index contributed by atoms with van der Waals surface area (Å²) in [6.07, 6.45) is 1.31. The number of amides is 1. The standard InChI is InChI=1S/C15H15NO4/c1-10-12(6-7-18-10)15(17)16-8-11-9-19-13-4-2-3-5-14(13)20-11/h2-7,11H,8-9H2,1H3,(H,16,17). The van der Waals surface area contributed by atoms with Crippen LogP contribution in [0.4, 0.5) is 0 Å². The van der Waals surface area contributed by atoms with Crippen LogP contribution in [0.15, 0.2) is 41.0 Å². The first-order valence-electron chi connectivity index (χ1n) is 6.45. The molecule has 20 heavy (non-hydrogen) atoms. The van der Waals surface area contributed by atoms with E-state index >= 15 is 0 Å². The molecule has 0 saturated heterocycles. The SMILES string of the molecule is Cc1occc1C(=O)NCC1COc2ccccc2O1. The van der Waals surface area contributed by atoms with Crippen molar-refractivity contribution in [3.05, 3.63) is 47.9 Å². The number of aryl methyl sites for hydroxylation is 1. The predicted molar refractivity (Wildman–Crippen MR) is 72.1 cm³/mol. The Hall–Kier alpha value is -2.43. The van der Waals surface area contributed by atoms with Crippen LogP contribution < -0.4 is 14.8 Å². The van der Waals surface area contributed by atoms with Gasteiger partial charge < -0.3 is 19.2 Å². The average Bonchev–Trinajstić information content (AvgIpc) is 2.91. The van der Waals surface area contributed by atoms with Gasteiger partial charge in [0.2, 0.25) is 0 Å². The normalized spacial score (nSPS) is 16.8. The zero-order valence-electron chi connectivity index (χ0n) is 11.1. The number of rotatable bonds is 3. The molecule has 2 aromatic rings. The average molecular weight is 273 g/mol. The number of carbonyl (C=O) groups is 1. The molecule has 104 valence electrons. The first-order chi connectivity index (χ1) is 9.74. The van der Waals surface area contributed by atoms with Gasteiger partial charge in [-0.2, -0.15) is 0 Å². The van der Waals surface area contributed by atoms with E-state index < -0.39 is 0 Å². The van der Waals surface area contributed by atoms with Crippen molar-refractivity contribution in [3.63, 3.8) is 0 Å². The number of carbonyl (C=O) groups excluding carboxylic acids is 1. The van der Waals surface area contributed by atoms with Gasteiger partial charge in [-0.3, -0.25) is 4.79 Å². The second-order valence-corrected chi connectivity index (χ2v) is 4.60. The highest BCUT2D eigenvalue weighted by molar-refractivity contribution is 5.95. The van der Waals surface area contributed by atoms with Crippen LogP contribution >= 0.6 is 0 Å². The van der Waals surface area contributed by atoms with Gasteiger partial charge in [0, 0.05) is 0 Å². The highest BCUT2D eigenvalue weighted by atomic mass is 16.6. The van der Waals surface area contributed by atoms with Gasteiger partial charge in [0.1, 0.15) is 18.5 Å². The summed E-state index contributed by atoms with van der Waals surface area (Å²) in [6.45, 7) is 2.56. The Labute approximate surface area is 116 Å². The van der Waals surface area contributed by atoms with Crippen LogP contribution in [0.1, 0.15) is 16.1 Å². The quantitative estimate of drug-likeness (QED) is 0.931. The van der Waals surface area contributed by atoms with Crippen molar-refractivity contribution in [2.75, 3.05) is 13.2 Å². The summed E-state index contributed by atoms with van der Waals surface area (Å²) >= 11 is 0. The Morgan fingerprint density at radius 2 is 2.10 bits per heavy atom. The molecule has 0 saturated carbocycles. The van der Waals surface area contributed by atoms with E-state index in [9.17, 15) is 4.79 Å². The monoisotopic (exact) mass is 273 g/mol. The molecule has 1 atom stereocenters. The Bertz CT molecular complexity index is 620. The molecule has 2 heterocycles. The molecular weight excluding hydrogens is 258 g/mol. The fourth-order valence-corrected chi connectivity index (χ4v) is 2.09. The molecule has 0 bridgehead atoms. The molecule has 0 radical (unpaired) electrons. The Kier molecular flexibility index (Phi) is 3.33. The van der Waals surface area contributed by atoms with Crippen molar-refractivity contribution in [2.45, 2.75) is 13.0 Å². The van der Waals surface area contributed by atoms with Crippen molar-refractivity contribution in [1.82, 2.24) is 5.32 Å². The lowest BCUT2D eigenvalue weighted by molar-refractivity contribution is 0.0788. The summed E-state index contributed by atoms with van der Waals surface area (Å²) in [6, 6.07) is 9.14. The molecule has 3 rings (SSSR count). The van der Waals surface area contributed by atoms with Gasteiger partial charge in [-0.05, 0) is 25.1 Å². The second-order valence-electron chi connectivity index (χ2n) is 4.60. The maximum atomic E-state index is 11.9. The van der Waals surface area contributed by atoms with Gasteiger partial charge in [0.15, 0.2) is 11.5 Å². The minimum absolute atomic E-state index is 0.168. The summed E-state index contributed by atoms with van der Waals surface area (Å²) in [4.78, 5) is 11.9. The van der Waals surface area contributed by atoms with E-state index in [-0.39, 0.29) is 12.0 Å². The lowest BCUT2D eigenvalue weighted by atomic mass is 10.2. The van der Waals surface area contributed by atoms with Gasteiger partial charge in [-0.25, -0.2) is 0 Å². The fraction of sp³-hybridized carbons (Fsp3) is 0.267. The summed E-state index contributed by atoms with van der Waals surface area (Å²) in [5.41, 5.74) is 0.544. The number of hydrogen-bond donors (Lipinski definition) is 1. The molecule has 1 aliphatic heterocycles. The van der Waals surface area contributed by atoms with E-state index in [1.165, 1.54) is 6.26 Å². The third-order valence-electron chi connectivity index (χ3n) is 3.16. The van der Waals surface area contributed by atoms with Crippen molar-refractivity contribution < 1.29 is 18.7 Å². The number of fused-ring (bicyclic) bond motifs is 1. The first-order valence-corrected chi connectivity index (χ1v) is 6.45. The first kappa shape index (κ1) is 12.6. The maximum Gasteiger partial charge on any atom is 0.254 e. The molecule has 1 amide bonds. The van der Waals surface area contributed by atoms with Gasteiger partial charge in [-0.15, -0.1) is 0 Å². The summed E-state index contributed by atoms with van der Waals surface area (Å²) in [5, 5.41) is 2.82. The minimum atomic E-state index is -0.193. The number of nitrogens with one attached hydrogen (secondary N) is 1. The van der Waals surface area contributed by atoms with Crippen LogP contribution in [0, 0.1) is 6.92 Å². The minimum Gasteiger partial charge on any atom is -0.486 e. The Morgan fingerprint density at radius 1 is 1.30 bits per heavy atom. The van der Waals surface area contributed by atoms with Crippen molar-refractivity contribution in [3.8, 4) is 11.5 Å². The van der Waals surface area contributed by atoms with Crippen molar-refractivity contribution >= 4 is 5.91 Å². The van der Waals surface area contributed by atoms with Crippen molar-refractivity contribution in [2.24, 2.45) is 0 Å². The summed E-state index contributed by atoms with van der Waals surface area (Å²) in [5.74, 6) is 1.88. The number of furan rings is 1. The molecular formula is C15H15NO4. The topological polar surface area (TPSA) is 60.7 Å². The van der Waals surface area contributed by atoms with Crippen LogP contribution in [-0.2, 0) is 0 Å². The molecule has 1 unspecified atom stereocenters. The van der Waals surface area contributed by atoms with E-state index in [1.807, 2.05) is 24.3 Å². The predicted octanol–water partition coefficient (Wildman–Crippen LogP) is 2.16. The number of ether oxygens (including phenoxy) is 2. The molecule has 0 fully saturated rings. The van der Waals surface area contributed by atoms with Gasteiger partial charge >= 0.3 is 0 Å². The largest absolute Gasteiger partial charge is 0.486 e. The Morgan fingerprint density at radius 3 is 2.85 bits per heavy atom. The molecule has 1 aromatic carbocycles. The highest BCUT2D eigenvalue weighted by Gasteiger charge is 2.21. The molecule has 1 aromatic heterocycles. The van der Waals surface area contributed by atoms with E-state index in [0.717, 1.165) is 5.75 Å². The molecule has 1 N–H and O–H groups in total. The van der Waals surface area contributed by atoms with E-state index in [2.05, 4.69) is 5.32 Å². The fourth-order valence-electron chi connectivity index (χ4n) is 2.09. The van der Waals surface area contributed by atoms with Crippen LogP contribution in [0.25, 0.3) is 0 Å². The van der Waals surface area contributed by atoms with Gasteiger partial charge in [0.05, 0.1) is 18.4 Å². The third kappa shape index (κ3) is 2.47. The lowest BCUT2D eigenvalue weighted by Crippen LogP contribution is -2.40. The Balaban J connectivity index is 1.58. The highest BCUT2D eigenvalue weighted by Crippen LogP contribution is 2.30. The molecule has 5 nitrogen and oxygen atoms in total. The van der Waals surface area contributed by atoms with E-state index in [1.54, 1.807) is 13.0 Å². The number of para-hydroxylation sites is 2. The van der Waals surface area contributed by atoms with Gasteiger partial charge in [0.25, 0.3) is 5.91 Å². The molecule has 0 aliphatic carbocycles. The van der Waals surface area contributed by atoms with Crippen LogP contribution in [-0.4, -0.2) is 25.2 Å². The summed E-state index contributed by atoms with van der Waals surface area (Å²) in [7, 11) is 0. The molecule has 0 spiro atoms. The number of benzene rings is 1. The third-order valence-corrected chi connectivity index (χ3v) is 3.16. The molecule has 5 heteroatoms. The second kappa shape index (κ2) is 5.28. The van der Waals surface area contributed by atoms with Crippen molar-refractivity contribution in [1.29, 1.82) is 0 Å².